The van der Waals surface area contributed by atoms with Gasteiger partial charge in [-0.05, 0) is 32.1 Å². The molecule has 0 fully saturated rings. The molecular weight excluding hydrogens is 260 g/mol. The molecule has 0 amide bonds. The molecule has 0 radical (unpaired) electrons. The molecule has 0 aromatic heterocycles. The van der Waals surface area contributed by atoms with Crippen LogP contribution >= 0.6 is 0 Å². The van der Waals surface area contributed by atoms with Crippen LogP contribution in [0.4, 0.5) is 0 Å². The summed E-state index contributed by atoms with van der Waals surface area (Å²) in [7, 11) is 0. The molecule has 0 bridgehead atoms. The van der Waals surface area contributed by atoms with Gasteiger partial charge < -0.3 is 23.9 Å². The topological polar surface area (TPSA) is 0 Å². The van der Waals surface area contributed by atoms with Crippen LogP contribution in [0.2, 0.25) is 0 Å². The Kier molecular flexibility index (Phi) is 18.0. The summed E-state index contributed by atoms with van der Waals surface area (Å²) in [5.74, 6) is 1.23. The van der Waals surface area contributed by atoms with E-state index in [1.165, 1.54) is 24.8 Å². The molecule has 15 heavy (non-hydrogen) atoms. The van der Waals surface area contributed by atoms with E-state index in [4.69, 9.17) is 0 Å². The Bertz CT molecular complexity index is 164. The first-order chi connectivity index (χ1) is 6.07. The van der Waals surface area contributed by atoms with E-state index in [9.17, 15) is 0 Å². The molecule has 0 aliphatic carbocycles. The van der Waals surface area contributed by atoms with Gasteiger partial charge in [-0.25, -0.2) is 0 Å². The molecule has 2 heteroatoms. The van der Waals surface area contributed by atoms with Gasteiger partial charge in [-0.15, -0.1) is 6.58 Å². The van der Waals surface area contributed by atoms with Crippen LogP contribution in [-0.2, 0) is 0 Å². The minimum atomic E-state index is 0. The van der Waals surface area contributed by atoms with Gasteiger partial charge in [0.05, 0.1) is 0 Å². The van der Waals surface area contributed by atoms with Gasteiger partial charge in [-0.1, -0.05) is 31.6 Å². The molecule has 0 nitrogen and oxygen atoms in total. The summed E-state index contributed by atoms with van der Waals surface area (Å²) in [5.41, 5.74) is 1.31. The predicted molar refractivity (Wildman–Crippen MR) is 67.2 cm³/mol. The van der Waals surface area contributed by atoms with E-state index in [0.717, 1.165) is 6.42 Å². The zero-order chi connectivity index (χ0) is 10.3. The summed E-state index contributed by atoms with van der Waals surface area (Å²) in [6, 6.07) is 0. The van der Waals surface area contributed by atoms with Crippen molar-refractivity contribution >= 4 is 23.1 Å². The van der Waals surface area contributed by atoms with E-state index >= 15 is 0 Å². The van der Waals surface area contributed by atoms with Crippen molar-refractivity contribution in [3.63, 3.8) is 0 Å². The normalized spacial score (nSPS) is 13.0. The molecule has 0 aliphatic rings. The summed E-state index contributed by atoms with van der Waals surface area (Å²) in [5, 5.41) is 0. The van der Waals surface area contributed by atoms with Crippen LogP contribution in [0.15, 0.2) is 24.8 Å². The van der Waals surface area contributed by atoms with E-state index in [-0.39, 0.29) is 40.0 Å². The summed E-state index contributed by atoms with van der Waals surface area (Å²) in [6.07, 6.45) is 6.72. The molecule has 2 unspecified atom stereocenters. The second kappa shape index (κ2) is 12.8. The average Bonchev–Trinajstić information content (AvgIpc) is 2.03. The van der Waals surface area contributed by atoms with Crippen molar-refractivity contribution in [1.82, 2.24) is 0 Å². The fraction of sp³-hybridized carbons (Fsp3) is 0.615. The Morgan fingerprint density at radius 3 is 2.20 bits per heavy atom. The first-order valence-electron chi connectivity index (χ1n) is 5.17. The minimum Gasteiger partial charge on any atom is -1.00 e. The summed E-state index contributed by atoms with van der Waals surface area (Å²) in [4.78, 5) is 0. The third kappa shape index (κ3) is 12.7. The van der Waals surface area contributed by atoms with Crippen molar-refractivity contribution in [2.45, 2.75) is 39.5 Å². The van der Waals surface area contributed by atoms with E-state index in [1.54, 1.807) is 0 Å². The molecule has 84 valence electrons. The van der Waals surface area contributed by atoms with Gasteiger partial charge in [-0.3, -0.25) is 0 Å². The first-order valence-corrected chi connectivity index (χ1v) is 5.17. The van der Waals surface area contributed by atoms with Crippen molar-refractivity contribution < 1.29 is 17.0 Å². The molecule has 0 N–H and O–H groups in total. The monoisotopic (exact) mass is 282 g/mol. The molecule has 0 saturated heterocycles. The van der Waals surface area contributed by atoms with Crippen molar-refractivity contribution in [2.75, 3.05) is 0 Å². The molecular formula is C13H23BrMg. The fourth-order valence-corrected chi connectivity index (χ4v) is 1.44. The van der Waals surface area contributed by atoms with Gasteiger partial charge in [0, 0.05) is 0 Å². The van der Waals surface area contributed by atoms with Crippen LogP contribution in [0.1, 0.15) is 39.5 Å². The van der Waals surface area contributed by atoms with Crippen molar-refractivity contribution in [2.24, 2.45) is 11.8 Å². The van der Waals surface area contributed by atoms with Crippen molar-refractivity contribution in [3.8, 4) is 0 Å². The fourth-order valence-electron chi connectivity index (χ4n) is 1.44. The standard InChI is InChI=1S/C13H23.BrH.Mg/c1-6-7-8-13(12(4)5)10-9-11(2)3;;/h6,11,13H,1-2,4,7-10H2,3,5H3;1H;/q-1;;+2/p-1. The Labute approximate surface area is 123 Å². The summed E-state index contributed by atoms with van der Waals surface area (Å²) < 4.78 is 0. The van der Waals surface area contributed by atoms with E-state index in [0.29, 0.717) is 11.8 Å². The molecule has 0 rings (SSSR count). The molecule has 0 spiro atoms. The maximum atomic E-state index is 4.03. The zero-order valence-electron chi connectivity index (χ0n) is 10.3. The van der Waals surface area contributed by atoms with Crippen LogP contribution in [0, 0.1) is 18.8 Å². The largest absolute Gasteiger partial charge is 2.00 e. The SMILES string of the molecule is C=CCCC(CCC([CH2-])C)C(=C)C.[Br-].[Mg+2]. The molecule has 0 aromatic carbocycles. The summed E-state index contributed by atoms with van der Waals surface area (Å²) >= 11 is 0. The molecule has 0 aromatic rings. The van der Waals surface area contributed by atoms with Gasteiger partial charge in [-0.2, -0.15) is 5.92 Å². The molecule has 0 aliphatic heterocycles. The zero-order valence-corrected chi connectivity index (χ0v) is 13.3. The smallest absolute Gasteiger partial charge is 1.00 e. The first kappa shape index (κ1) is 21.1. The number of halogens is 1. The maximum absolute atomic E-state index is 4.03. The number of allylic oxidation sites excluding steroid dienone is 2. The molecule has 2 atom stereocenters. The third-order valence-electron chi connectivity index (χ3n) is 2.42. The Morgan fingerprint density at radius 1 is 1.33 bits per heavy atom. The molecule has 0 saturated carbocycles. The minimum absolute atomic E-state index is 0. The average molecular weight is 284 g/mol. The molecule has 0 heterocycles. The van der Waals surface area contributed by atoms with Gasteiger partial charge in [0.15, 0.2) is 0 Å². The maximum Gasteiger partial charge on any atom is 2.00 e. The Morgan fingerprint density at radius 2 is 1.87 bits per heavy atom. The Hall–Kier alpha value is 0.726. The summed E-state index contributed by atoms with van der Waals surface area (Å²) in [6.45, 7) is 16.1. The third-order valence-corrected chi connectivity index (χ3v) is 2.42. The van der Waals surface area contributed by atoms with Crippen molar-refractivity contribution in [1.29, 1.82) is 0 Å². The van der Waals surface area contributed by atoms with Crippen LogP contribution < -0.4 is 17.0 Å². The van der Waals surface area contributed by atoms with Crippen LogP contribution in [0.25, 0.3) is 0 Å². The van der Waals surface area contributed by atoms with Crippen molar-refractivity contribution in [3.05, 3.63) is 31.7 Å². The van der Waals surface area contributed by atoms with E-state index in [1.807, 2.05) is 6.08 Å². The van der Waals surface area contributed by atoms with Gasteiger partial charge >= 0.3 is 23.1 Å². The number of hydrogen-bond acceptors (Lipinski definition) is 0. The number of hydrogen-bond donors (Lipinski definition) is 0. The second-order valence-corrected chi connectivity index (χ2v) is 4.09. The van der Waals surface area contributed by atoms with Gasteiger partial charge in [0.1, 0.15) is 0 Å². The van der Waals surface area contributed by atoms with E-state index < -0.39 is 0 Å². The van der Waals surface area contributed by atoms with Crippen LogP contribution in [0.3, 0.4) is 0 Å². The van der Waals surface area contributed by atoms with Gasteiger partial charge in [0.25, 0.3) is 0 Å². The van der Waals surface area contributed by atoms with E-state index in [2.05, 4.69) is 33.9 Å². The van der Waals surface area contributed by atoms with Crippen LogP contribution in [-0.4, -0.2) is 23.1 Å². The Balaban J connectivity index is -0.000000720. The van der Waals surface area contributed by atoms with Gasteiger partial charge in [0.2, 0.25) is 0 Å². The predicted octanol–water partition coefficient (Wildman–Crippen LogP) is 1.02. The number of rotatable bonds is 7. The quantitative estimate of drug-likeness (QED) is 0.372. The van der Waals surface area contributed by atoms with Crippen LogP contribution in [0.5, 0.6) is 0 Å². The second-order valence-electron chi connectivity index (χ2n) is 4.09.